The Morgan fingerprint density at radius 2 is 0.786 bits per heavy atom. The molecule has 0 unspecified atom stereocenters. The Hall–Kier alpha value is -2.78. The van der Waals surface area contributed by atoms with Gasteiger partial charge in [-0.25, -0.2) is 0 Å². The zero-order chi connectivity index (χ0) is 30.5. The molecule has 8 heteroatoms. The van der Waals surface area contributed by atoms with Crippen LogP contribution in [-0.4, -0.2) is 134 Å². The Balaban J connectivity index is 2.05. The van der Waals surface area contributed by atoms with Gasteiger partial charge in [0.15, 0.2) is 0 Å². The van der Waals surface area contributed by atoms with Crippen molar-refractivity contribution in [3.63, 3.8) is 0 Å². The van der Waals surface area contributed by atoms with Crippen LogP contribution in [0.5, 0.6) is 0 Å². The summed E-state index contributed by atoms with van der Waals surface area (Å²) < 4.78 is 0. The first-order chi connectivity index (χ1) is 20.3. The molecule has 0 aliphatic carbocycles. The van der Waals surface area contributed by atoms with Crippen molar-refractivity contribution in [1.82, 2.24) is 29.4 Å². The quantitative estimate of drug-likeness (QED) is 0.521. The smallest absolute Gasteiger partial charge is 0.237 e. The van der Waals surface area contributed by atoms with Crippen LogP contribution in [0.2, 0.25) is 0 Å². The molecule has 0 bridgehead atoms. The van der Waals surface area contributed by atoms with E-state index in [1.165, 1.54) is 0 Å². The van der Waals surface area contributed by atoms with E-state index in [1.807, 2.05) is 60.3 Å². The van der Waals surface area contributed by atoms with E-state index in [1.54, 1.807) is 0 Å². The summed E-state index contributed by atoms with van der Waals surface area (Å²) in [6.07, 6.45) is 0. The summed E-state index contributed by atoms with van der Waals surface area (Å²) in [6.45, 7) is 18.5. The Morgan fingerprint density at radius 3 is 1.07 bits per heavy atom. The molecule has 2 atom stereocenters. The first kappa shape index (κ1) is 33.7. The lowest BCUT2D eigenvalue weighted by Gasteiger charge is -2.41. The summed E-state index contributed by atoms with van der Waals surface area (Å²) in [6, 6.07) is 19.6. The van der Waals surface area contributed by atoms with Gasteiger partial charge in [-0.3, -0.25) is 19.4 Å². The van der Waals surface area contributed by atoms with E-state index in [0.717, 1.165) is 76.6 Å². The molecule has 1 saturated heterocycles. The summed E-state index contributed by atoms with van der Waals surface area (Å²) in [7, 11) is 3.80. The van der Waals surface area contributed by atoms with Gasteiger partial charge in [-0.05, 0) is 37.3 Å². The highest BCUT2D eigenvalue weighted by atomic mass is 16.2. The van der Waals surface area contributed by atoms with Crippen LogP contribution < -0.4 is 0 Å². The van der Waals surface area contributed by atoms with Gasteiger partial charge < -0.3 is 19.6 Å². The van der Waals surface area contributed by atoms with Gasteiger partial charge in [0.25, 0.3) is 0 Å². The molecule has 0 aromatic heterocycles. The summed E-state index contributed by atoms with van der Waals surface area (Å²) >= 11 is 0. The first-order valence-corrected chi connectivity index (χ1v) is 15.8. The van der Waals surface area contributed by atoms with E-state index in [4.69, 9.17) is 0 Å². The highest BCUT2D eigenvalue weighted by molar-refractivity contribution is 5.80. The number of benzene rings is 2. The van der Waals surface area contributed by atoms with E-state index in [0.29, 0.717) is 13.1 Å². The Morgan fingerprint density at radius 1 is 0.500 bits per heavy atom. The maximum absolute atomic E-state index is 14.0. The molecule has 2 aromatic rings. The molecule has 0 radical (unpaired) electrons. The van der Waals surface area contributed by atoms with Gasteiger partial charge in [0.1, 0.15) is 0 Å². The minimum atomic E-state index is -0.342. The van der Waals surface area contributed by atoms with Crippen molar-refractivity contribution in [2.75, 3.05) is 92.6 Å². The third kappa shape index (κ3) is 9.36. The predicted octanol–water partition coefficient (Wildman–Crippen LogP) is 3.69. The second kappa shape index (κ2) is 17.4. The van der Waals surface area contributed by atoms with Gasteiger partial charge in [-0.15, -0.1) is 0 Å². The summed E-state index contributed by atoms with van der Waals surface area (Å²) in [5, 5.41) is 0. The molecule has 1 heterocycles. The average Bonchev–Trinajstić information content (AvgIpc) is 3.03. The molecule has 0 N–H and O–H groups in total. The number of rotatable bonds is 6. The fraction of sp³-hybridized carbons (Fsp3) is 0.588. The zero-order valence-corrected chi connectivity index (χ0v) is 26.9. The molecule has 1 aliphatic rings. The normalized spacial score (nSPS) is 22.7. The van der Waals surface area contributed by atoms with Crippen LogP contribution >= 0.6 is 0 Å². The summed E-state index contributed by atoms with van der Waals surface area (Å²) in [5.74, 6) is 0.119. The molecule has 0 saturated carbocycles. The second-order valence-corrected chi connectivity index (χ2v) is 11.3. The molecule has 1 fully saturated rings. The van der Waals surface area contributed by atoms with Crippen LogP contribution in [0.15, 0.2) is 60.7 Å². The lowest BCUT2D eigenvalue weighted by atomic mass is 9.90. The third-order valence-electron chi connectivity index (χ3n) is 8.91. The number of carbonyl (C=O) groups excluding carboxylic acids is 2. The van der Waals surface area contributed by atoms with Crippen LogP contribution in [0.25, 0.3) is 0 Å². The number of nitrogens with zero attached hydrogens (tertiary/aromatic N) is 6. The highest BCUT2D eigenvalue weighted by Gasteiger charge is 2.36. The molecule has 0 spiro atoms. The summed E-state index contributed by atoms with van der Waals surface area (Å²) in [4.78, 5) is 41.2. The highest BCUT2D eigenvalue weighted by Crippen LogP contribution is 2.37. The van der Waals surface area contributed by atoms with Crippen molar-refractivity contribution in [2.45, 2.75) is 39.8 Å². The zero-order valence-electron chi connectivity index (χ0n) is 26.9. The van der Waals surface area contributed by atoms with Crippen molar-refractivity contribution < 1.29 is 9.59 Å². The van der Waals surface area contributed by atoms with Crippen LogP contribution in [0.3, 0.4) is 0 Å². The maximum atomic E-state index is 14.0. The van der Waals surface area contributed by atoms with Gasteiger partial charge >= 0.3 is 0 Å². The minimum absolute atomic E-state index is 0.0593. The van der Waals surface area contributed by atoms with E-state index in [9.17, 15) is 9.59 Å². The number of amides is 2. The van der Waals surface area contributed by atoms with Crippen LogP contribution in [0, 0.1) is 0 Å². The standard InChI is InChI=1S/C34H54N6O2/c1-7-37-21-22-38(8-2)24-26-40(10-4)28-32(42)36(6)34(30-19-15-12-16-20-30)33(29-17-13-11-14-18-29)35(5)31(41)27-39(9-3)25-23-37/h11-20,33-34H,7-10,21-28H2,1-6H3/t33-,34-/m0/s1. The Bertz CT molecular complexity index is 983. The van der Waals surface area contributed by atoms with Gasteiger partial charge in [0.05, 0.1) is 25.2 Å². The van der Waals surface area contributed by atoms with Crippen LogP contribution in [-0.2, 0) is 9.59 Å². The number of likely N-dealkylation sites (N-methyl/N-ethyl adjacent to an activating group) is 6. The van der Waals surface area contributed by atoms with Crippen molar-refractivity contribution >= 4 is 11.8 Å². The predicted molar refractivity (Wildman–Crippen MR) is 172 cm³/mol. The fourth-order valence-corrected chi connectivity index (χ4v) is 5.85. The van der Waals surface area contributed by atoms with Crippen LogP contribution in [0.4, 0.5) is 0 Å². The molecule has 42 heavy (non-hydrogen) atoms. The average molecular weight is 579 g/mol. The number of hydrogen-bond donors (Lipinski definition) is 0. The largest absolute Gasteiger partial charge is 0.335 e. The van der Waals surface area contributed by atoms with E-state index in [2.05, 4.69) is 71.6 Å². The fourth-order valence-electron chi connectivity index (χ4n) is 5.85. The Kier molecular flexibility index (Phi) is 13.9. The van der Waals surface area contributed by atoms with Crippen molar-refractivity contribution in [1.29, 1.82) is 0 Å². The van der Waals surface area contributed by atoms with Gasteiger partial charge in [-0.1, -0.05) is 88.4 Å². The second-order valence-electron chi connectivity index (χ2n) is 11.3. The van der Waals surface area contributed by atoms with Crippen molar-refractivity contribution in [3.05, 3.63) is 71.8 Å². The third-order valence-corrected chi connectivity index (χ3v) is 8.91. The monoisotopic (exact) mass is 578 g/mol. The minimum Gasteiger partial charge on any atom is -0.335 e. The first-order valence-electron chi connectivity index (χ1n) is 15.8. The van der Waals surface area contributed by atoms with Gasteiger partial charge in [-0.2, -0.15) is 0 Å². The van der Waals surface area contributed by atoms with Crippen LogP contribution in [0.1, 0.15) is 50.9 Å². The van der Waals surface area contributed by atoms with Crippen molar-refractivity contribution in [2.24, 2.45) is 0 Å². The lowest BCUT2D eigenvalue weighted by Crippen LogP contribution is -2.49. The molecular formula is C34H54N6O2. The molecule has 232 valence electrons. The molecular weight excluding hydrogens is 524 g/mol. The van der Waals surface area contributed by atoms with E-state index in [-0.39, 0.29) is 23.9 Å². The molecule has 8 nitrogen and oxygen atoms in total. The summed E-state index contributed by atoms with van der Waals surface area (Å²) in [5.41, 5.74) is 2.03. The Labute approximate surface area is 254 Å². The van der Waals surface area contributed by atoms with Gasteiger partial charge in [0.2, 0.25) is 11.8 Å². The molecule has 3 rings (SSSR count). The van der Waals surface area contributed by atoms with E-state index >= 15 is 0 Å². The lowest BCUT2D eigenvalue weighted by molar-refractivity contribution is -0.140. The number of carbonyl (C=O) groups is 2. The molecule has 2 amide bonds. The molecule has 2 aromatic carbocycles. The SMILES string of the molecule is CCN1CCN(CC)CCN(CC)CC(=O)N(C)[C@@H](c2ccccc2)[C@H](c2ccccc2)N(C)C(=O)CN(CC)CC1. The molecule has 1 aliphatic heterocycles. The van der Waals surface area contributed by atoms with Crippen molar-refractivity contribution in [3.8, 4) is 0 Å². The van der Waals surface area contributed by atoms with Gasteiger partial charge in [0, 0.05) is 53.4 Å². The van der Waals surface area contributed by atoms with E-state index < -0.39 is 0 Å². The number of hydrogen-bond acceptors (Lipinski definition) is 6. The topological polar surface area (TPSA) is 53.6 Å². The maximum Gasteiger partial charge on any atom is 0.237 e.